The van der Waals surface area contributed by atoms with Crippen molar-refractivity contribution >= 4 is 17.3 Å². The lowest BCUT2D eigenvalue weighted by Gasteiger charge is -2.30. The van der Waals surface area contributed by atoms with Crippen LogP contribution in [-0.4, -0.2) is 21.7 Å². The highest BCUT2D eigenvalue weighted by molar-refractivity contribution is 6.31. The van der Waals surface area contributed by atoms with E-state index in [2.05, 4.69) is 5.32 Å². The van der Waals surface area contributed by atoms with Crippen molar-refractivity contribution in [1.82, 2.24) is 5.32 Å². The van der Waals surface area contributed by atoms with E-state index in [4.69, 9.17) is 11.6 Å². The molecule has 0 spiro atoms. The third-order valence-corrected chi connectivity index (χ3v) is 4.79. The molecule has 126 valence electrons. The molecule has 6 nitrogen and oxygen atoms in total. The summed E-state index contributed by atoms with van der Waals surface area (Å²) in [6.45, 7) is 0.0512. The van der Waals surface area contributed by atoms with Crippen molar-refractivity contribution in [1.29, 1.82) is 0 Å². The number of phenols is 1. The predicted octanol–water partition coefficient (Wildman–Crippen LogP) is 2.88. The Labute approximate surface area is 143 Å². The summed E-state index contributed by atoms with van der Waals surface area (Å²) < 4.78 is 0. The Morgan fingerprint density at radius 3 is 2.79 bits per heavy atom. The van der Waals surface area contributed by atoms with Crippen LogP contribution in [0, 0.1) is 10.1 Å². The fourth-order valence-corrected chi connectivity index (χ4v) is 3.50. The van der Waals surface area contributed by atoms with Gasteiger partial charge in [-0.15, -0.1) is 0 Å². The normalized spacial score (nSPS) is 19.2. The smallest absolute Gasteiger partial charge is 0.312 e. The quantitative estimate of drug-likeness (QED) is 0.570. The highest BCUT2D eigenvalue weighted by atomic mass is 35.5. The minimum atomic E-state index is -0.669. The van der Waals surface area contributed by atoms with Gasteiger partial charge in [-0.2, -0.15) is 0 Å². The van der Waals surface area contributed by atoms with Gasteiger partial charge in [0.25, 0.3) is 0 Å². The molecule has 0 bridgehead atoms. The van der Waals surface area contributed by atoms with Gasteiger partial charge in [-0.05, 0) is 30.0 Å². The molecule has 0 saturated heterocycles. The van der Waals surface area contributed by atoms with Gasteiger partial charge in [-0.1, -0.05) is 35.9 Å². The standard InChI is InChI=1S/C17H17ClN2O4/c18-13-7-12(16(22)15(8-13)20(23)24)9-19-17(10-21)6-5-11-3-1-2-4-14(11)17/h1-4,7-8,19,21-22H,5-6,9-10H2. The first kappa shape index (κ1) is 16.7. The third-order valence-electron chi connectivity index (χ3n) is 4.57. The molecule has 0 aliphatic heterocycles. The lowest BCUT2D eigenvalue weighted by molar-refractivity contribution is -0.385. The molecule has 3 N–H and O–H groups in total. The Morgan fingerprint density at radius 2 is 2.08 bits per heavy atom. The minimum Gasteiger partial charge on any atom is -0.502 e. The summed E-state index contributed by atoms with van der Waals surface area (Å²) in [7, 11) is 0. The van der Waals surface area contributed by atoms with Crippen LogP contribution in [0.15, 0.2) is 36.4 Å². The number of nitrogens with one attached hydrogen (secondary N) is 1. The molecule has 2 aromatic rings. The Morgan fingerprint density at radius 1 is 1.33 bits per heavy atom. The van der Waals surface area contributed by atoms with Crippen molar-refractivity contribution in [3.05, 3.63) is 68.2 Å². The zero-order valence-electron chi connectivity index (χ0n) is 12.8. The number of hydrogen-bond acceptors (Lipinski definition) is 5. The minimum absolute atomic E-state index is 0.104. The van der Waals surface area contributed by atoms with E-state index in [9.17, 15) is 20.3 Å². The summed E-state index contributed by atoms with van der Waals surface area (Å²) >= 11 is 5.92. The van der Waals surface area contributed by atoms with E-state index >= 15 is 0 Å². The molecule has 1 atom stereocenters. The number of nitro benzene ring substituents is 1. The van der Waals surface area contributed by atoms with Crippen molar-refractivity contribution < 1.29 is 15.1 Å². The van der Waals surface area contributed by atoms with E-state index in [1.807, 2.05) is 24.3 Å². The number of benzene rings is 2. The molecule has 2 aromatic carbocycles. The molecule has 7 heteroatoms. The summed E-state index contributed by atoms with van der Waals surface area (Å²) in [6.07, 6.45) is 1.55. The van der Waals surface area contributed by atoms with Crippen LogP contribution in [0.4, 0.5) is 5.69 Å². The van der Waals surface area contributed by atoms with Gasteiger partial charge in [0.1, 0.15) is 0 Å². The van der Waals surface area contributed by atoms with Crippen LogP contribution in [0.1, 0.15) is 23.1 Å². The second kappa shape index (κ2) is 6.39. The van der Waals surface area contributed by atoms with Crippen LogP contribution in [0.5, 0.6) is 5.75 Å². The van der Waals surface area contributed by atoms with Gasteiger partial charge in [0.15, 0.2) is 5.75 Å². The number of aliphatic hydroxyl groups excluding tert-OH is 1. The number of phenolic OH excluding ortho intramolecular Hbond substituents is 1. The molecule has 1 aliphatic carbocycles. The number of nitrogens with zero attached hydrogens (tertiary/aromatic N) is 1. The van der Waals surface area contributed by atoms with Crippen LogP contribution in [0.2, 0.25) is 5.02 Å². The topological polar surface area (TPSA) is 95.6 Å². The highest BCUT2D eigenvalue weighted by Crippen LogP contribution is 2.38. The van der Waals surface area contributed by atoms with Gasteiger partial charge in [-0.25, -0.2) is 0 Å². The highest BCUT2D eigenvalue weighted by Gasteiger charge is 2.37. The molecule has 1 unspecified atom stereocenters. The molecule has 1 aliphatic rings. The first-order valence-electron chi connectivity index (χ1n) is 7.57. The van der Waals surface area contributed by atoms with Crippen molar-refractivity contribution in [3.8, 4) is 5.75 Å². The first-order chi connectivity index (χ1) is 11.5. The lowest BCUT2D eigenvalue weighted by Crippen LogP contribution is -2.43. The maximum Gasteiger partial charge on any atom is 0.312 e. The van der Waals surface area contributed by atoms with Crippen LogP contribution >= 0.6 is 11.6 Å². The third kappa shape index (κ3) is 2.84. The van der Waals surface area contributed by atoms with Crippen molar-refractivity contribution in [2.75, 3.05) is 6.61 Å². The SMILES string of the molecule is O=[N+]([O-])c1cc(Cl)cc(CNC2(CO)CCc3ccccc32)c1O. The molecule has 0 aromatic heterocycles. The number of halogens is 1. The molecular formula is C17H17ClN2O4. The molecule has 0 radical (unpaired) electrons. The summed E-state index contributed by atoms with van der Waals surface area (Å²) in [5.74, 6) is -0.406. The molecule has 0 heterocycles. The molecule has 24 heavy (non-hydrogen) atoms. The summed E-state index contributed by atoms with van der Waals surface area (Å²) in [5.41, 5.74) is 1.46. The second-order valence-corrected chi connectivity index (χ2v) is 6.38. The molecule has 0 amide bonds. The van der Waals surface area contributed by atoms with Gasteiger partial charge >= 0.3 is 5.69 Å². The Kier molecular flexibility index (Phi) is 4.45. The molecule has 3 rings (SSSR count). The Bertz CT molecular complexity index is 796. The number of aromatic hydroxyl groups is 1. The van der Waals surface area contributed by atoms with Gasteiger partial charge in [0.2, 0.25) is 0 Å². The fourth-order valence-electron chi connectivity index (χ4n) is 3.27. The average molecular weight is 349 g/mol. The predicted molar refractivity (Wildman–Crippen MR) is 90.1 cm³/mol. The van der Waals surface area contributed by atoms with Gasteiger partial charge in [0.05, 0.1) is 17.1 Å². The lowest BCUT2D eigenvalue weighted by atomic mass is 9.92. The van der Waals surface area contributed by atoms with E-state index < -0.39 is 21.9 Å². The molecular weight excluding hydrogens is 332 g/mol. The summed E-state index contributed by atoms with van der Waals surface area (Å²) in [6, 6.07) is 10.5. The van der Waals surface area contributed by atoms with Crippen molar-refractivity contribution in [2.45, 2.75) is 24.9 Å². The van der Waals surface area contributed by atoms with E-state index in [0.717, 1.165) is 18.1 Å². The number of aryl methyl sites for hydroxylation is 1. The Balaban J connectivity index is 1.90. The fraction of sp³-hybridized carbons (Fsp3) is 0.294. The van der Waals surface area contributed by atoms with Gasteiger partial charge in [-0.3, -0.25) is 10.1 Å². The number of fused-ring (bicyclic) bond motifs is 1. The number of rotatable bonds is 5. The zero-order valence-corrected chi connectivity index (χ0v) is 13.6. The van der Waals surface area contributed by atoms with E-state index in [0.29, 0.717) is 12.0 Å². The van der Waals surface area contributed by atoms with Crippen LogP contribution < -0.4 is 5.32 Å². The summed E-state index contributed by atoms with van der Waals surface area (Å²) in [5, 5.41) is 34.5. The second-order valence-electron chi connectivity index (χ2n) is 5.94. The monoisotopic (exact) mass is 348 g/mol. The van der Waals surface area contributed by atoms with E-state index in [1.165, 1.54) is 11.6 Å². The van der Waals surface area contributed by atoms with Crippen LogP contribution in [0.25, 0.3) is 0 Å². The van der Waals surface area contributed by atoms with Crippen molar-refractivity contribution in [2.24, 2.45) is 0 Å². The maximum absolute atomic E-state index is 11.0. The average Bonchev–Trinajstić information content (AvgIpc) is 2.94. The van der Waals surface area contributed by atoms with Crippen molar-refractivity contribution in [3.63, 3.8) is 0 Å². The number of nitro groups is 1. The van der Waals surface area contributed by atoms with Gasteiger partial charge in [0, 0.05) is 23.2 Å². The largest absolute Gasteiger partial charge is 0.502 e. The zero-order chi connectivity index (χ0) is 17.3. The Hall–Kier alpha value is -2.15. The number of hydrogen-bond donors (Lipinski definition) is 3. The van der Waals surface area contributed by atoms with E-state index in [-0.39, 0.29) is 18.2 Å². The molecule has 0 saturated carbocycles. The van der Waals surface area contributed by atoms with E-state index in [1.54, 1.807) is 0 Å². The first-order valence-corrected chi connectivity index (χ1v) is 7.95. The van der Waals surface area contributed by atoms with Crippen LogP contribution in [0.3, 0.4) is 0 Å². The summed E-state index contributed by atoms with van der Waals surface area (Å²) in [4.78, 5) is 10.3. The molecule has 0 fully saturated rings. The van der Waals surface area contributed by atoms with Gasteiger partial charge < -0.3 is 15.5 Å². The number of aliphatic hydroxyl groups is 1. The maximum atomic E-state index is 11.0. The van der Waals surface area contributed by atoms with Crippen LogP contribution in [-0.2, 0) is 18.5 Å².